The highest BCUT2D eigenvalue weighted by Gasteiger charge is 2.09. The molecule has 3 nitrogen and oxygen atoms in total. The summed E-state index contributed by atoms with van der Waals surface area (Å²) in [4.78, 5) is 0. The van der Waals surface area contributed by atoms with Crippen LogP contribution in [0.3, 0.4) is 0 Å². The van der Waals surface area contributed by atoms with Crippen molar-refractivity contribution >= 4 is 11.4 Å². The van der Waals surface area contributed by atoms with E-state index in [1.807, 2.05) is 25.1 Å². The van der Waals surface area contributed by atoms with Crippen LogP contribution in [-0.2, 0) is 13.0 Å². The molecule has 0 aromatic heterocycles. The lowest BCUT2D eigenvalue weighted by molar-refractivity contribution is 0.163. The number of rotatable bonds is 9. The van der Waals surface area contributed by atoms with Crippen LogP contribution in [0.2, 0.25) is 0 Å². The quantitative estimate of drug-likeness (QED) is 0.394. The molecule has 3 rings (SSSR count). The molecule has 29 heavy (non-hydrogen) atoms. The lowest BCUT2D eigenvalue weighted by atomic mass is 9.98. The van der Waals surface area contributed by atoms with Crippen LogP contribution in [0.5, 0.6) is 0 Å². The maximum atomic E-state index is 10.4. The van der Waals surface area contributed by atoms with Crippen molar-refractivity contribution in [2.75, 3.05) is 5.32 Å². The molecule has 0 saturated heterocycles. The van der Waals surface area contributed by atoms with Gasteiger partial charge in [-0.3, -0.25) is 0 Å². The van der Waals surface area contributed by atoms with Crippen LogP contribution >= 0.6 is 0 Å². The summed E-state index contributed by atoms with van der Waals surface area (Å²) in [6, 6.07) is 22.8. The summed E-state index contributed by atoms with van der Waals surface area (Å²) in [6.45, 7) is 4.08. The van der Waals surface area contributed by atoms with Gasteiger partial charge < -0.3 is 15.5 Å². The average molecular weight is 390 g/mol. The van der Waals surface area contributed by atoms with Gasteiger partial charge in [0.1, 0.15) is 0 Å². The number of nitrogens with one attached hydrogen (secondary N) is 1. The normalized spacial score (nSPS) is 12.0. The predicted molar refractivity (Wildman–Crippen MR) is 121 cm³/mol. The topological polar surface area (TPSA) is 52.5 Å². The Morgan fingerprint density at radius 2 is 1.48 bits per heavy atom. The molecule has 0 fully saturated rings. The zero-order valence-corrected chi connectivity index (χ0v) is 17.4. The van der Waals surface area contributed by atoms with Gasteiger partial charge in [0.25, 0.3) is 0 Å². The third-order valence-electron chi connectivity index (χ3n) is 5.42. The number of hydrogen-bond donors (Lipinski definition) is 3. The lowest BCUT2D eigenvalue weighted by Gasteiger charge is -2.13. The third kappa shape index (κ3) is 6.18. The molecule has 3 heteroatoms. The van der Waals surface area contributed by atoms with Gasteiger partial charge in [-0.2, -0.15) is 0 Å². The zero-order valence-electron chi connectivity index (χ0n) is 17.4. The van der Waals surface area contributed by atoms with E-state index < -0.39 is 6.10 Å². The van der Waals surface area contributed by atoms with Gasteiger partial charge in [-0.25, -0.2) is 0 Å². The average Bonchev–Trinajstić information content (AvgIpc) is 2.74. The van der Waals surface area contributed by atoms with Gasteiger partial charge >= 0.3 is 0 Å². The first kappa shape index (κ1) is 21.1. The van der Waals surface area contributed by atoms with Crippen molar-refractivity contribution in [3.63, 3.8) is 0 Å². The molecular weight excluding hydrogens is 358 g/mol. The zero-order chi connectivity index (χ0) is 20.6. The molecule has 0 bridgehead atoms. The van der Waals surface area contributed by atoms with E-state index in [2.05, 4.69) is 60.8 Å². The van der Waals surface area contributed by atoms with Gasteiger partial charge in [0.15, 0.2) is 0 Å². The van der Waals surface area contributed by atoms with Crippen molar-refractivity contribution in [2.45, 2.75) is 52.2 Å². The summed E-state index contributed by atoms with van der Waals surface area (Å²) in [6.07, 6.45) is 3.28. The molecule has 0 heterocycles. The number of aliphatic hydroxyl groups excluding tert-OH is 2. The first-order valence-corrected chi connectivity index (χ1v) is 10.4. The fourth-order valence-electron chi connectivity index (χ4n) is 3.46. The number of hydrogen-bond acceptors (Lipinski definition) is 3. The van der Waals surface area contributed by atoms with Gasteiger partial charge in [-0.05, 0) is 79.6 Å². The standard InChI is InChI=1S/C26H31NO2/c1-19-7-13-24(14-8-19)27-25-15-10-21(11-16-25)5-3-4-6-26(29)22-12-9-20(2)23(17-22)18-28/h7-17,26-29H,3-6,18H2,1-2H3/t26-/m0/s1. The van der Waals surface area contributed by atoms with E-state index >= 15 is 0 Å². The van der Waals surface area contributed by atoms with Gasteiger partial charge in [-0.15, -0.1) is 0 Å². The summed E-state index contributed by atoms with van der Waals surface area (Å²) in [5.74, 6) is 0. The molecule has 0 aliphatic heterocycles. The van der Waals surface area contributed by atoms with Crippen molar-refractivity contribution in [3.05, 3.63) is 94.5 Å². The highest BCUT2D eigenvalue weighted by Crippen LogP contribution is 2.23. The number of aryl methyl sites for hydroxylation is 3. The number of benzene rings is 3. The molecule has 0 aliphatic carbocycles. The maximum absolute atomic E-state index is 10.4. The highest BCUT2D eigenvalue weighted by atomic mass is 16.3. The number of unbranched alkanes of at least 4 members (excludes halogenated alkanes) is 1. The Morgan fingerprint density at radius 1 is 0.828 bits per heavy atom. The maximum Gasteiger partial charge on any atom is 0.0790 e. The predicted octanol–water partition coefficient (Wildman–Crippen LogP) is 5.99. The Labute approximate surface area is 174 Å². The minimum atomic E-state index is -0.470. The van der Waals surface area contributed by atoms with Gasteiger partial charge in [-0.1, -0.05) is 54.4 Å². The minimum Gasteiger partial charge on any atom is -0.392 e. The Bertz CT molecular complexity index is 901. The molecule has 152 valence electrons. The van der Waals surface area contributed by atoms with E-state index in [1.54, 1.807) is 0 Å². The first-order chi connectivity index (χ1) is 14.0. The molecule has 0 spiro atoms. The Balaban J connectivity index is 1.44. The van der Waals surface area contributed by atoms with Gasteiger partial charge in [0.05, 0.1) is 12.7 Å². The van der Waals surface area contributed by atoms with Crippen LogP contribution in [0, 0.1) is 13.8 Å². The van der Waals surface area contributed by atoms with E-state index in [9.17, 15) is 10.2 Å². The number of aliphatic hydroxyl groups is 2. The van der Waals surface area contributed by atoms with Crippen LogP contribution in [0.15, 0.2) is 66.7 Å². The van der Waals surface area contributed by atoms with E-state index in [-0.39, 0.29) is 6.61 Å². The molecular formula is C26H31NO2. The van der Waals surface area contributed by atoms with Crippen LogP contribution in [0.25, 0.3) is 0 Å². The molecule has 3 aromatic carbocycles. The Hall–Kier alpha value is -2.62. The smallest absolute Gasteiger partial charge is 0.0790 e. The van der Waals surface area contributed by atoms with Crippen molar-refractivity contribution in [2.24, 2.45) is 0 Å². The van der Waals surface area contributed by atoms with Crippen molar-refractivity contribution in [1.29, 1.82) is 0 Å². The fourth-order valence-corrected chi connectivity index (χ4v) is 3.46. The van der Waals surface area contributed by atoms with Crippen LogP contribution in [0.4, 0.5) is 11.4 Å². The van der Waals surface area contributed by atoms with Crippen LogP contribution in [0.1, 0.15) is 53.2 Å². The molecule has 1 atom stereocenters. The molecule has 0 aliphatic rings. The minimum absolute atomic E-state index is 0.0150. The van der Waals surface area contributed by atoms with E-state index in [0.29, 0.717) is 0 Å². The fraction of sp³-hybridized carbons (Fsp3) is 0.308. The second kappa shape index (κ2) is 10.2. The molecule has 0 saturated carbocycles. The lowest BCUT2D eigenvalue weighted by Crippen LogP contribution is -2.00. The Morgan fingerprint density at radius 3 is 2.14 bits per heavy atom. The third-order valence-corrected chi connectivity index (χ3v) is 5.42. The number of anilines is 2. The molecule has 0 amide bonds. The molecule has 0 unspecified atom stereocenters. The summed E-state index contributed by atoms with van der Waals surface area (Å²) in [5.41, 5.74) is 7.60. The van der Waals surface area contributed by atoms with Crippen LogP contribution in [-0.4, -0.2) is 10.2 Å². The largest absolute Gasteiger partial charge is 0.392 e. The summed E-state index contributed by atoms with van der Waals surface area (Å²) < 4.78 is 0. The van der Waals surface area contributed by atoms with Gasteiger partial charge in [0, 0.05) is 11.4 Å². The molecule has 0 radical (unpaired) electrons. The molecule has 3 N–H and O–H groups in total. The second-order valence-corrected chi connectivity index (χ2v) is 7.79. The van der Waals surface area contributed by atoms with Crippen molar-refractivity contribution in [3.8, 4) is 0 Å². The van der Waals surface area contributed by atoms with E-state index in [4.69, 9.17) is 0 Å². The van der Waals surface area contributed by atoms with Crippen LogP contribution < -0.4 is 5.32 Å². The van der Waals surface area contributed by atoms with Crippen molar-refractivity contribution < 1.29 is 10.2 Å². The first-order valence-electron chi connectivity index (χ1n) is 10.4. The highest BCUT2D eigenvalue weighted by molar-refractivity contribution is 5.60. The van der Waals surface area contributed by atoms with E-state index in [0.717, 1.165) is 53.7 Å². The SMILES string of the molecule is Cc1ccc(Nc2ccc(CCCC[C@H](O)c3ccc(C)c(CO)c3)cc2)cc1. The van der Waals surface area contributed by atoms with Crippen molar-refractivity contribution in [1.82, 2.24) is 0 Å². The van der Waals surface area contributed by atoms with E-state index in [1.165, 1.54) is 11.1 Å². The van der Waals surface area contributed by atoms with Gasteiger partial charge in [0.2, 0.25) is 0 Å². The summed E-state index contributed by atoms with van der Waals surface area (Å²) >= 11 is 0. The summed E-state index contributed by atoms with van der Waals surface area (Å²) in [5, 5.41) is 23.2. The monoisotopic (exact) mass is 389 g/mol. The molecule has 3 aromatic rings. The Kier molecular flexibility index (Phi) is 7.45. The summed E-state index contributed by atoms with van der Waals surface area (Å²) in [7, 11) is 0. The second-order valence-electron chi connectivity index (χ2n) is 7.79.